The van der Waals surface area contributed by atoms with E-state index < -0.39 is 11.9 Å². The Hall–Kier alpha value is -1.84. The molecule has 1 aromatic carbocycles. The van der Waals surface area contributed by atoms with Crippen molar-refractivity contribution in [1.29, 1.82) is 0 Å². The molecule has 0 fully saturated rings. The maximum absolute atomic E-state index is 11.8. The third-order valence-corrected chi connectivity index (χ3v) is 2.58. The smallest absolute Gasteiger partial charge is 0.255 e. The van der Waals surface area contributed by atoms with E-state index in [1.54, 1.807) is 26.0 Å². The van der Waals surface area contributed by atoms with Gasteiger partial charge in [0, 0.05) is 6.42 Å². The Morgan fingerprint density at radius 3 is 2.65 bits per heavy atom. The number of carbonyl (C=O) groups excluding carboxylic acids is 2. The molecule has 0 spiro atoms. The molecule has 1 atom stereocenters. The minimum Gasteiger partial charge on any atom is -0.507 e. The Morgan fingerprint density at radius 1 is 1.41 bits per heavy atom. The lowest BCUT2D eigenvalue weighted by Crippen LogP contribution is -2.38. The molecule has 17 heavy (non-hydrogen) atoms. The Bertz CT molecular complexity index is 440. The molecule has 0 aromatic heterocycles. The number of aryl methyl sites for hydroxylation is 1. The molecule has 0 radical (unpaired) electrons. The summed E-state index contributed by atoms with van der Waals surface area (Å²) in [5, 5.41) is 12.1. The summed E-state index contributed by atoms with van der Waals surface area (Å²) >= 11 is 0. The minimum atomic E-state index is -0.535. The summed E-state index contributed by atoms with van der Waals surface area (Å²) in [5.74, 6) is -0.546. The molecular weight excluding hydrogens is 218 g/mol. The Balaban J connectivity index is 2.83. The summed E-state index contributed by atoms with van der Waals surface area (Å²) < 4.78 is 0. The number of amides is 1. The number of phenolic OH excluding ortho intramolecular Hbond substituents is 1. The summed E-state index contributed by atoms with van der Waals surface area (Å²) in [7, 11) is 0. The van der Waals surface area contributed by atoms with Gasteiger partial charge < -0.3 is 10.4 Å². The van der Waals surface area contributed by atoms with Gasteiger partial charge >= 0.3 is 0 Å². The SMILES string of the molecule is CCC(=O)C(C)NC(=O)c1cc(C)ccc1O. The fourth-order valence-electron chi connectivity index (χ4n) is 1.49. The molecule has 1 amide bonds. The zero-order valence-electron chi connectivity index (χ0n) is 10.3. The number of Topliss-reactive ketones (excluding diaryl/α,β-unsaturated/α-hetero) is 1. The van der Waals surface area contributed by atoms with E-state index in [1.165, 1.54) is 6.07 Å². The highest BCUT2D eigenvalue weighted by molar-refractivity contribution is 5.99. The number of aromatic hydroxyl groups is 1. The third kappa shape index (κ3) is 3.31. The van der Waals surface area contributed by atoms with Gasteiger partial charge in [0.25, 0.3) is 5.91 Å². The van der Waals surface area contributed by atoms with Gasteiger partial charge in [-0.2, -0.15) is 0 Å². The third-order valence-electron chi connectivity index (χ3n) is 2.58. The lowest BCUT2D eigenvalue weighted by molar-refractivity contribution is -0.120. The minimum absolute atomic E-state index is 0.0366. The maximum Gasteiger partial charge on any atom is 0.255 e. The number of phenols is 1. The van der Waals surface area contributed by atoms with Crippen LogP contribution in [-0.4, -0.2) is 22.8 Å². The van der Waals surface area contributed by atoms with Crippen molar-refractivity contribution in [2.24, 2.45) is 0 Å². The fraction of sp³-hybridized carbons (Fsp3) is 0.385. The van der Waals surface area contributed by atoms with Crippen LogP contribution in [0.25, 0.3) is 0 Å². The second kappa shape index (κ2) is 5.48. The van der Waals surface area contributed by atoms with E-state index in [0.29, 0.717) is 6.42 Å². The zero-order valence-corrected chi connectivity index (χ0v) is 10.3. The van der Waals surface area contributed by atoms with Gasteiger partial charge in [0.1, 0.15) is 5.75 Å². The van der Waals surface area contributed by atoms with E-state index in [9.17, 15) is 14.7 Å². The standard InChI is InChI=1S/C13H17NO3/c1-4-11(15)9(3)14-13(17)10-7-8(2)5-6-12(10)16/h5-7,9,16H,4H2,1-3H3,(H,14,17). The summed E-state index contributed by atoms with van der Waals surface area (Å²) in [5.41, 5.74) is 1.07. The van der Waals surface area contributed by atoms with Crippen molar-refractivity contribution in [2.45, 2.75) is 33.2 Å². The van der Waals surface area contributed by atoms with E-state index in [-0.39, 0.29) is 17.1 Å². The van der Waals surface area contributed by atoms with Gasteiger partial charge in [-0.3, -0.25) is 9.59 Å². The first-order valence-corrected chi connectivity index (χ1v) is 5.59. The number of hydrogen-bond acceptors (Lipinski definition) is 3. The van der Waals surface area contributed by atoms with Crippen LogP contribution in [0.15, 0.2) is 18.2 Å². The van der Waals surface area contributed by atoms with Gasteiger partial charge in [0.2, 0.25) is 0 Å². The van der Waals surface area contributed by atoms with Crippen LogP contribution in [0.2, 0.25) is 0 Å². The van der Waals surface area contributed by atoms with Crippen molar-refractivity contribution < 1.29 is 14.7 Å². The van der Waals surface area contributed by atoms with Crippen molar-refractivity contribution in [3.8, 4) is 5.75 Å². The number of nitrogens with one attached hydrogen (secondary N) is 1. The highest BCUT2D eigenvalue weighted by Gasteiger charge is 2.17. The van der Waals surface area contributed by atoms with Gasteiger partial charge in [-0.05, 0) is 26.0 Å². The molecule has 2 N–H and O–H groups in total. The van der Waals surface area contributed by atoms with Gasteiger partial charge in [0.15, 0.2) is 5.78 Å². The molecule has 0 bridgehead atoms. The molecule has 1 aromatic rings. The summed E-state index contributed by atoms with van der Waals surface area (Å²) in [4.78, 5) is 23.2. The molecule has 0 heterocycles. The van der Waals surface area contributed by atoms with Gasteiger partial charge in [-0.15, -0.1) is 0 Å². The van der Waals surface area contributed by atoms with Gasteiger partial charge in [0.05, 0.1) is 11.6 Å². The van der Waals surface area contributed by atoms with Crippen LogP contribution in [-0.2, 0) is 4.79 Å². The molecule has 92 valence electrons. The Morgan fingerprint density at radius 2 is 2.06 bits per heavy atom. The first-order valence-electron chi connectivity index (χ1n) is 5.59. The van der Waals surface area contributed by atoms with Gasteiger partial charge in [-0.1, -0.05) is 18.6 Å². The predicted octanol–water partition coefficient (Wildman–Crippen LogP) is 1.80. The number of carbonyl (C=O) groups is 2. The van der Waals surface area contributed by atoms with Crippen molar-refractivity contribution in [3.05, 3.63) is 29.3 Å². The molecule has 4 heteroatoms. The van der Waals surface area contributed by atoms with Crippen LogP contribution in [0.5, 0.6) is 5.75 Å². The average Bonchev–Trinajstić information content (AvgIpc) is 2.30. The highest BCUT2D eigenvalue weighted by Crippen LogP contribution is 2.18. The molecule has 0 aliphatic carbocycles. The predicted molar refractivity (Wildman–Crippen MR) is 65.1 cm³/mol. The molecular formula is C13H17NO3. The lowest BCUT2D eigenvalue weighted by atomic mass is 10.1. The monoisotopic (exact) mass is 235 g/mol. The lowest BCUT2D eigenvalue weighted by Gasteiger charge is -2.12. The first-order chi connectivity index (χ1) is 7.95. The van der Waals surface area contributed by atoms with Crippen molar-refractivity contribution in [1.82, 2.24) is 5.32 Å². The normalized spacial score (nSPS) is 11.9. The van der Waals surface area contributed by atoms with Crippen LogP contribution in [0.1, 0.15) is 36.2 Å². The van der Waals surface area contributed by atoms with Crippen molar-refractivity contribution in [2.75, 3.05) is 0 Å². The van der Waals surface area contributed by atoms with Crippen LogP contribution < -0.4 is 5.32 Å². The van der Waals surface area contributed by atoms with E-state index >= 15 is 0 Å². The second-order valence-corrected chi connectivity index (χ2v) is 4.04. The second-order valence-electron chi connectivity index (χ2n) is 4.04. The van der Waals surface area contributed by atoms with Crippen molar-refractivity contribution >= 4 is 11.7 Å². The largest absolute Gasteiger partial charge is 0.507 e. The molecule has 0 saturated carbocycles. The number of rotatable bonds is 4. The zero-order chi connectivity index (χ0) is 13.0. The Kier molecular flexibility index (Phi) is 4.26. The van der Waals surface area contributed by atoms with Crippen molar-refractivity contribution in [3.63, 3.8) is 0 Å². The summed E-state index contributed by atoms with van der Waals surface area (Å²) in [6.45, 7) is 5.21. The first kappa shape index (κ1) is 13.2. The quantitative estimate of drug-likeness (QED) is 0.836. The van der Waals surface area contributed by atoms with E-state index in [2.05, 4.69) is 5.32 Å². The molecule has 0 aliphatic heterocycles. The maximum atomic E-state index is 11.8. The van der Waals surface area contributed by atoms with Crippen LogP contribution in [0.3, 0.4) is 0 Å². The van der Waals surface area contributed by atoms with E-state index in [4.69, 9.17) is 0 Å². The molecule has 1 unspecified atom stereocenters. The molecule has 0 aliphatic rings. The van der Waals surface area contributed by atoms with Crippen LogP contribution in [0.4, 0.5) is 0 Å². The number of ketones is 1. The summed E-state index contributed by atoms with van der Waals surface area (Å²) in [6.07, 6.45) is 0.376. The summed E-state index contributed by atoms with van der Waals surface area (Å²) in [6, 6.07) is 4.24. The van der Waals surface area contributed by atoms with Crippen LogP contribution in [0, 0.1) is 6.92 Å². The Labute approximate surface area is 101 Å². The number of hydrogen-bond donors (Lipinski definition) is 2. The molecule has 4 nitrogen and oxygen atoms in total. The number of benzene rings is 1. The highest BCUT2D eigenvalue weighted by atomic mass is 16.3. The molecule has 1 rings (SSSR count). The topological polar surface area (TPSA) is 66.4 Å². The van der Waals surface area contributed by atoms with Gasteiger partial charge in [-0.25, -0.2) is 0 Å². The van der Waals surface area contributed by atoms with E-state index in [1.807, 2.05) is 6.92 Å². The van der Waals surface area contributed by atoms with Crippen LogP contribution >= 0.6 is 0 Å². The van der Waals surface area contributed by atoms with E-state index in [0.717, 1.165) is 5.56 Å². The average molecular weight is 235 g/mol. The fourth-order valence-corrected chi connectivity index (χ4v) is 1.49. The molecule has 0 saturated heterocycles.